The van der Waals surface area contributed by atoms with Gasteiger partial charge in [-0.05, 0) is 19.8 Å². The molecule has 2 aromatic rings. The van der Waals surface area contributed by atoms with Gasteiger partial charge in [-0.25, -0.2) is 9.97 Å². The van der Waals surface area contributed by atoms with E-state index in [1.165, 1.54) is 18.7 Å². The van der Waals surface area contributed by atoms with Crippen molar-refractivity contribution in [2.24, 2.45) is 0 Å². The van der Waals surface area contributed by atoms with E-state index >= 15 is 0 Å². The summed E-state index contributed by atoms with van der Waals surface area (Å²) in [6.45, 7) is 8.06. The molecular formula is C15H23N7. The van der Waals surface area contributed by atoms with Crippen LogP contribution in [0, 0.1) is 6.92 Å². The second-order valence-corrected chi connectivity index (χ2v) is 6.37. The molecule has 0 atom stereocenters. The van der Waals surface area contributed by atoms with Crippen LogP contribution in [0.15, 0.2) is 12.4 Å². The summed E-state index contributed by atoms with van der Waals surface area (Å²) in [6.07, 6.45) is 6.70. The van der Waals surface area contributed by atoms with Crippen molar-refractivity contribution in [2.45, 2.75) is 38.9 Å². The highest BCUT2D eigenvalue weighted by Crippen LogP contribution is 2.35. The molecule has 1 saturated heterocycles. The number of piperazine rings is 1. The van der Waals surface area contributed by atoms with Crippen LogP contribution < -0.4 is 0 Å². The first-order valence-electron chi connectivity index (χ1n) is 8.12. The van der Waals surface area contributed by atoms with Crippen LogP contribution in [0.2, 0.25) is 0 Å². The predicted octanol–water partition coefficient (Wildman–Crippen LogP) is 0.962. The molecule has 0 unspecified atom stereocenters. The normalized spacial score (nSPS) is 20.6. The maximum absolute atomic E-state index is 4.54. The van der Waals surface area contributed by atoms with Crippen molar-refractivity contribution in [3.63, 3.8) is 0 Å². The van der Waals surface area contributed by atoms with Crippen molar-refractivity contribution in [3.05, 3.63) is 29.9 Å². The van der Waals surface area contributed by atoms with Gasteiger partial charge in [0, 0.05) is 44.6 Å². The number of nitrogens with one attached hydrogen (secondary N) is 1. The van der Waals surface area contributed by atoms with Gasteiger partial charge >= 0.3 is 0 Å². The summed E-state index contributed by atoms with van der Waals surface area (Å²) in [7, 11) is 0. The van der Waals surface area contributed by atoms with Crippen LogP contribution in [0.5, 0.6) is 0 Å². The number of hydrogen-bond donors (Lipinski definition) is 1. The Morgan fingerprint density at radius 3 is 2.50 bits per heavy atom. The minimum Gasteiger partial charge on any atom is -0.331 e. The Morgan fingerprint density at radius 2 is 1.86 bits per heavy atom. The third-order valence-electron chi connectivity index (χ3n) is 4.53. The maximum Gasteiger partial charge on any atom is 0.164 e. The van der Waals surface area contributed by atoms with E-state index in [9.17, 15) is 0 Å². The fourth-order valence-electron chi connectivity index (χ4n) is 3.12. The van der Waals surface area contributed by atoms with Crippen molar-refractivity contribution in [2.75, 3.05) is 26.2 Å². The molecule has 2 fully saturated rings. The first-order valence-corrected chi connectivity index (χ1v) is 8.12. The topological polar surface area (TPSA) is 65.9 Å². The highest BCUT2D eigenvalue weighted by molar-refractivity contribution is 5.00. The zero-order valence-corrected chi connectivity index (χ0v) is 13.1. The van der Waals surface area contributed by atoms with E-state index in [4.69, 9.17) is 0 Å². The van der Waals surface area contributed by atoms with E-state index in [0.29, 0.717) is 6.04 Å². The third kappa shape index (κ3) is 3.05. The Kier molecular flexibility index (Phi) is 3.67. The molecule has 1 N–H and O–H groups in total. The number of H-pyrrole nitrogens is 1. The van der Waals surface area contributed by atoms with Gasteiger partial charge < -0.3 is 4.57 Å². The van der Waals surface area contributed by atoms with E-state index < -0.39 is 0 Å². The first-order chi connectivity index (χ1) is 10.8. The summed E-state index contributed by atoms with van der Waals surface area (Å²) >= 11 is 0. The van der Waals surface area contributed by atoms with Gasteiger partial charge in [-0.1, -0.05) is 0 Å². The van der Waals surface area contributed by atoms with Crippen LogP contribution in [-0.2, 0) is 13.1 Å². The van der Waals surface area contributed by atoms with Crippen molar-refractivity contribution in [3.8, 4) is 0 Å². The fourth-order valence-corrected chi connectivity index (χ4v) is 3.12. The number of rotatable bonds is 5. The lowest BCUT2D eigenvalue weighted by molar-refractivity contribution is 0.117. The second-order valence-electron chi connectivity index (χ2n) is 6.37. The molecule has 0 spiro atoms. The van der Waals surface area contributed by atoms with Crippen LogP contribution in [0.1, 0.15) is 36.4 Å². The first kappa shape index (κ1) is 13.9. The summed E-state index contributed by atoms with van der Waals surface area (Å²) in [5.74, 6) is 3.01. The van der Waals surface area contributed by atoms with Gasteiger partial charge in [0.15, 0.2) is 5.82 Å². The second kappa shape index (κ2) is 5.81. The fraction of sp³-hybridized carbons (Fsp3) is 0.667. The van der Waals surface area contributed by atoms with Crippen molar-refractivity contribution in [1.29, 1.82) is 0 Å². The zero-order valence-electron chi connectivity index (χ0n) is 13.1. The van der Waals surface area contributed by atoms with E-state index in [1.807, 2.05) is 13.1 Å². The molecule has 4 rings (SSSR count). The maximum atomic E-state index is 4.54. The lowest BCUT2D eigenvalue weighted by Crippen LogP contribution is -2.45. The summed E-state index contributed by atoms with van der Waals surface area (Å²) in [6, 6.07) is 0.716. The Hall–Kier alpha value is -1.73. The van der Waals surface area contributed by atoms with Crippen LogP contribution >= 0.6 is 0 Å². The van der Waals surface area contributed by atoms with Gasteiger partial charge in [0.25, 0.3) is 0 Å². The number of imidazole rings is 1. The summed E-state index contributed by atoms with van der Waals surface area (Å²) < 4.78 is 2.36. The summed E-state index contributed by atoms with van der Waals surface area (Å²) in [4.78, 5) is 13.9. The SMILES string of the molecule is Cc1nc(CN2CCN(Cc3nccn3C3CC3)CC2)n[nH]1. The minimum atomic E-state index is 0.716. The van der Waals surface area contributed by atoms with Gasteiger partial charge in [0.2, 0.25) is 0 Å². The smallest absolute Gasteiger partial charge is 0.164 e. The predicted molar refractivity (Wildman–Crippen MR) is 82.2 cm³/mol. The number of aryl methyl sites for hydroxylation is 1. The molecule has 0 amide bonds. The average molecular weight is 301 g/mol. The highest BCUT2D eigenvalue weighted by atomic mass is 15.3. The summed E-state index contributed by atoms with van der Waals surface area (Å²) in [5, 5.41) is 7.13. The van der Waals surface area contributed by atoms with Crippen LogP contribution in [-0.4, -0.2) is 60.7 Å². The van der Waals surface area contributed by atoms with E-state index in [-0.39, 0.29) is 0 Å². The molecule has 1 saturated carbocycles. The number of aromatic nitrogens is 5. The molecule has 0 bridgehead atoms. The minimum absolute atomic E-state index is 0.716. The van der Waals surface area contributed by atoms with Gasteiger partial charge in [-0.2, -0.15) is 5.10 Å². The Bertz CT molecular complexity index is 619. The standard InChI is InChI=1S/C15H23N7/c1-12-17-14(19-18-12)10-20-6-8-21(9-7-20)11-15-16-4-5-22(15)13-2-3-13/h4-5,13H,2-3,6-11H2,1H3,(H,17,18,19). The Labute approximate surface area is 130 Å². The van der Waals surface area contributed by atoms with Gasteiger partial charge in [-0.3, -0.25) is 14.9 Å². The van der Waals surface area contributed by atoms with Gasteiger partial charge in [0.1, 0.15) is 11.6 Å². The molecule has 22 heavy (non-hydrogen) atoms. The molecular weight excluding hydrogens is 278 g/mol. The van der Waals surface area contributed by atoms with Gasteiger partial charge in [-0.15, -0.1) is 0 Å². The molecule has 2 aliphatic rings. The van der Waals surface area contributed by atoms with Crippen LogP contribution in [0.3, 0.4) is 0 Å². The quantitative estimate of drug-likeness (QED) is 0.891. The van der Waals surface area contributed by atoms with Gasteiger partial charge in [0.05, 0.1) is 13.1 Å². The molecule has 118 valence electrons. The average Bonchev–Trinajstić information content (AvgIpc) is 3.13. The lowest BCUT2D eigenvalue weighted by atomic mass is 10.3. The molecule has 2 aromatic heterocycles. The highest BCUT2D eigenvalue weighted by Gasteiger charge is 2.26. The lowest BCUT2D eigenvalue weighted by Gasteiger charge is -2.33. The van der Waals surface area contributed by atoms with E-state index in [0.717, 1.165) is 50.9 Å². The van der Waals surface area contributed by atoms with Crippen molar-refractivity contribution >= 4 is 0 Å². The monoisotopic (exact) mass is 301 g/mol. The molecule has 0 aromatic carbocycles. The zero-order chi connectivity index (χ0) is 14.9. The number of nitrogens with zero attached hydrogens (tertiary/aromatic N) is 6. The van der Waals surface area contributed by atoms with Crippen LogP contribution in [0.25, 0.3) is 0 Å². The molecule has 7 heteroatoms. The van der Waals surface area contributed by atoms with Crippen LogP contribution in [0.4, 0.5) is 0 Å². The largest absolute Gasteiger partial charge is 0.331 e. The van der Waals surface area contributed by atoms with E-state index in [2.05, 4.69) is 40.7 Å². The number of hydrogen-bond acceptors (Lipinski definition) is 5. The van der Waals surface area contributed by atoms with E-state index in [1.54, 1.807) is 0 Å². The van der Waals surface area contributed by atoms with Crippen molar-refractivity contribution < 1.29 is 0 Å². The molecule has 0 radical (unpaired) electrons. The molecule has 7 nitrogen and oxygen atoms in total. The molecule has 1 aliphatic carbocycles. The third-order valence-corrected chi connectivity index (χ3v) is 4.53. The Morgan fingerprint density at radius 1 is 1.14 bits per heavy atom. The molecule has 1 aliphatic heterocycles. The molecule has 3 heterocycles. The Balaban J connectivity index is 1.29. The number of aromatic amines is 1. The summed E-state index contributed by atoms with van der Waals surface area (Å²) in [5.41, 5.74) is 0. The van der Waals surface area contributed by atoms with Crippen molar-refractivity contribution in [1.82, 2.24) is 34.5 Å².